The number of halogens is 1. The fraction of sp³-hybridized carbons (Fsp3) is 0.154. The van der Waals surface area contributed by atoms with Crippen LogP contribution in [0.3, 0.4) is 0 Å². The summed E-state index contributed by atoms with van der Waals surface area (Å²) >= 11 is 6.11. The van der Waals surface area contributed by atoms with Gasteiger partial charge in [0.1, 0.15) is 11.0 Å². The molecule has 0 fully saturated rings. The molecule has 18 heavy (non-hydrogen) atoms. The van der Waals surface area contributed by atoms with E-state index in [0.717, 1.165) is 18.7 Å². The smallest absolute Gasteiger partial charge is 0.180 e. The first-order valence-electron chi connectivity index (χ1n) is 5.72. The van der Waals surface area contributed by atoms with Gasteiger partial charge in [-0.3, -0.25) is 9.38 Å². The van der Waals surface area contributed by atoms with Gasteiger partial charge in [-0.15, -0.1) is 10.2 Å². The van der Waals surface area contributed by atoms with Gasteiger partial charge in [-0.2, -0.15) is 0 Å². The Kier molecular flexibility index (Phi) is 2.94. The van der Waals surface area contributed by atoms with Gasteiger partial charge in [-0.05, 0) is 12.0 Å². The first kappa shape index (κ1) is 11.2. The van der Waals surface area contributed by atoms with Crippen molar-refractivity contribution in [2.24, 2.45) is 0 Å². The Labute approximate surface area is 109 Å². The summed E-state index contributed by atoms with van der Waals surface area (Å²) in [6.07, 6.45) is 4.98. The average molecular weight is 259 g/mol. The van der Waals surface area contributed by atoms with Crippen molar-refractivity contribution in [3.8, 4) is 0 Å². The molecule has 2 heterocycles. The van der Waals surface area contributed by atoms with E-state index in [9.17, 15) is 0 Å². The van der Waals surface area contributed by atoms with E-state index in [1.165, 1.54) is 5.56 Å². The number of hydrogen-bond acceptors (Lipinski definition) is 3. The van der Waals surface area contributed by atoms with Crippen LogP contribution in [0.15, 0.2) is 42.7 Å². The summed E-state index contributed by atoms with van der Waals surface area (Å²) in [5.41, 5.74) is 1.96. The van der Waals surface area contributed by atoms with Gasteiger partial charge in [0.05, 0.1) is 12.4 Å². The predicted molar refractivity (Wildman–Crippen MR) is 69.6 cm³/mol. The van der Waals surface area contributed by atoms with Crippen molar-refractivity contribution >= 4 is 17.2 Å². The Bertz CT molecular complexity index is 663. The summed E-state index contributed by atoms with van der Waals surface area (Å²) in [4.78, 5) is 3.99. The van der Waals surface area contributed by atoms with E-state index >= 15 is 0 Å². The Balaban J connectivity index is 1.87. The molecule has 0 unspecified atom stereocenters. The molecule has 0 bridgehead atoms. The topological polar surface area (TPSA) is 43.1 Å². The van der Waals surface area contributed by atoms with Crippen LogP contribution in [0.1, 0.15) is 11.4 Å². The second-order valence-electron chi connectivity index (χ2n) is 4.03. The number of aromatic nitrogens is 4. The molecule has 3 aromatic rings. The molecule has 0 N–H and O–H groups in total. The molecule has 0 aliphatic rings. The van der Waals surface area contributed by atoms with E-state index in [-0.39, 0.29) is 0 Å². The normalized spacial score (nSPS) is 10.9. The highest BCUT2D eigenvalue weighted by atomic mass is 35.5. The highest BCUT2D eigenvalue weighted by Gasteiger charge is 2.08. The summed E-state index contributed by atoms with van der Waals surface area (Å²) in [5, 5.41) is 8.76. The number of benzene rings is 1. The van der Waals surface area contributed by atoms with Crippen molar-refractivity contribution < 1.29 is 0 Å². The number of aryl methyl sites for hydroxylation is 2. The standard InChI is InChI=1S/C13H11ClN4/c14-11-8-15-9-13-17-16-12(18(11)13)7-6-10-4-2-1-3-5-10/h1-5,8-9H,6-7H2. The number of rotatable bonds is 3. The lowest BCUT2D eigenvalue weighted by Crippen LogP contribution is -1.99. The lowest BCUT2D eigenvalue weighted by atomic mass is 10.1. The third-order valence-corrected chi connectivity index (χ3v) is 3.09. The van der Waals surface area contributed by atoms with Gasteiger partial charge in [0.2, 0.25) is 0 Å². The van der Waals surface area contributed by atoms with E-state index in [1.54, 1.807) is 12.4 Å². The minimum absolute atomic E-state index is 0.542. The van der Waals surface area contributed by atoms with Crippen LogP contribution in [0.5, 0.6) is 0 Å². The fourth-order valence-electron chi connectivity index (χ4n) is 1.93. The lowest BCUT2D eigenvalue weighted by Gasteiger charge is -2.02. The minimum atomic E-state index is 0.542. The minimum Gasteiger partial charge on any atom is -0.266 e. The number of hydrogen-bond donors (Lipinski definition) is 0. The van der Waals surface area contributed by atoms with Gasteiger partial charge in [0.15, 0.2) is 5.65 Å². The molecule has 3 rings (SSSR count). The van der Waals surface area contributed by atoms with Crippen LogP contribution >= 0.6 is 11.6 Å². The molecule has 0 atom stereocenters. The zero-order chi connectivity index (χ0) is 12.4. The van der Waals surface area contributed by atoms with Crippen molar-refractivity contribution in [2.45, 2.75) is 12.8 Å². The first-order chi connectivity index (χ1) is 8.84. The molecule has 90 valence electrons. The molecule has 5 heteroatoms. The van der Waals surface area contributed by atoms with Gasteiger partial charge in [-0.1, -0.05) is 41.9 Å². The van der Waals surface area contributed by atoms with E-state index in [4.69, 9.17) is 11.6 Å². The summed E-state index contributed by atoms with van der Waals surface area (Å²) in [6.45, 7) is 0. The van der Waals surface area contributed by atoms with E-state index < -0.39 is 0 Å². The Morgan fingerprint density at radius 3 is 2.67 bits per heavy atom. The maximum Gasteiger partial charge on any atom is 0.180 e. The number of nitrogens with zero attached hydrogens (tertiary/aromatic N) is 4. The second-order valence-corrected chi connectivity index (χ2v) is 4.41. The zero-order valence-electron chi connectivity index (χ0n) is 9.62. The van der Waals surface area contributed by atoms with Crippen molar-refractivity contribution in [1.29, 1.82) is 0 Å². The third kappa shape index (κ3) is 2.07. The largest absolute Gasteiger partial charge is 0.266 e. The van der Waals surface area contributed by atoms with Crippen molar-refractivity contribution in [3.05, 3.63) is 59.3 Å². The van der Waals surface area contributed by atoms with Crippen LogP contribution in [0, 0.1) is 0 Å². The zero-order valence-corrected chi connectivity index (χ0v) is 10.4. The molecule has 0 spiro atoms. The van der Waals surface area contributed by atoms with E-state index in [2.05, 4.69) is 27.3 Å². The monoisotopic (exact) mass is 258 g/mol. The molecule has 0 aliphatic carbocycles. The lowest BCUT2D eigenvalue weighted by molar-refractivity contribution is 0.838. The van der Waals surface area contributed by atoms with Crippen LogP contribution in [-0.2, 0) is 12.8 Å². The average Bonchev–Trinajstić information content (AvgIpc) is 2.82. The SMILES string of the molecule is Clc1cncc2nnc(CCc3ccccc3)n12. The molecule has 0 saturated heterocycles. The van der Waals surface area contributed by atoms with Crippen molar-refractivity contribution in [3.63, 3.8) is 0 Å². The highest BCUT2D eigenvalue weighted by Crippen LogP contribution is 2.13. The molecule has 2 aromatic heterocycles. The molecule has 0 saturated carbocycles. The van der Waals surface area contributed by atoms with Gasteiger partial charge in [0.25, 0.3) is 0 Å². The van der Waals surface area contributed by atoms with Crippen LogP contribution in [0.2, 0.25) is 5.15 Å². The fourth-order valence-corrected chi connectivity index (χ4v) is 2.17. The molecule has 0 aliphatic heterocycles. The highest BCUT2D eigenvalue weighted by molar-refractivity contribution is 6.29. The molecule has 4 nitrogen and oxygen atoms in total. The molecular weight excluding hydrogens is 248 g/mol. The van der Waals surface area contributed by atoms with Gasteiger partial charge in [0, 0.05) is 6.42 Å². The van der Waals surface area contributed by atoms with E-state index in [1.807, 2.05) is 22.6 Å². The van der Waals surface area contributed by atoms with Crippen molar-refractivity contribution in [1.82, 2.24) is 19.6 Å². The Morgan fingerprint density at radius 2 is 1.83 bits per heavy atom. The van der Waals surface area contributed by atoms with Crippen molar-refractivity contribution in [2.75, 3.05) is 0 Å². The van der Waals surface area contributed by atoms with E-state index in [0.29, 0.717) is 10.8 Å². The summed E-state index contributed by atoms with van der Waals surface area (Å²) in [5.74, 6) is 0.862. The van der Waals surface area contributed by atoms with Gasteiger partial charge < -0.3 is 0 Å². The summed E-state index contributed by atoms with van der Waals surface area (Å²) < 4.78 is 1.83. The van der Waals surface area contributed by atoms with Crippen LogP contribution < -0.4 is 0 Å². The second kappa shape index (κ2) is 4.74. The molecule has 0 amide bonds. The molecule has 1 aromatic carbocycles. The Hall–Kier alpha value is -1.94. The Morgan fingerprint density at radius 1 is 1.00 bits per heavy atom. The maximum atomic E-state index is 6.11. The van der Waals surface area contributed by atoms with Gasteiger partial charge >= 0.3 is 0 Å². The first-order valence-corrected chi connectivity index (χ1v) is 6.10. The maximum absolute atomic E-state index is 6.11. The molecule has 0 radical (unpaired) electrons. The van der Waals surface area contributed by atoms with Crippen LogP contribution in [0.25, 0.3) is 5.65 Å². The van der Waals surface area contributed by atoms with Gasteiger partial charge in [-0.25, -0.2) is 0 Å². The quantitative estimate of drug-likeness (QED) is 0.725. The third-order valence-electron chi connectivity index (χ3n) is 2.82. The predicted octanol–water partition coefficient (Wildman–Crippen LogP) is 2.56. The van der Waals surface area contributed by atoms with Crippen LogP contribution in [-0.4, -0.2) is 19.6 Å². The number of fused-ring (bicyclic) bond motifs is 1. The molecular formula is C13H11ClN4. The van der Waals surface area contributed by atoms with Crippen LogP contribution in [0.4, 0.5) is 0 Å². The summed E-state index contributed by atoms with van der Waals surface area (Å²) in [6, 6.07) is 10.3. The summed E-state index contributed by atoms with van der Waals surface area (Å²) in [7, 11) is 0.